The Kier molecular flexibility index (Phi) is 4.02. The molecule has 6 nitrogen and oxygen atoms in total. The molecule has 102 valence electrons. The van der Waals surface area contributed by atoms with Gasteiger partial charge >= 0.3 is 0 Å². The van der Waals surface area contributed by atoms with Crippen molar-refractivity contribution < 1.29 is 8.42 Å². The van der Waals surface area contributed by atoms with Crippen molar-refractivity contribution in [1.82, 2.24) is 9.29 Å². The second-order valence-corrected chi connectivity index (χ2v) is 6.24. The maximum absolute atomic E-state index is 12.6. The Balaban J connectivity index is 2.36. The third kappa shape index (κ3) is 2.85. The zero-order valence-electron chi connectivity index (χ0n) is 10.7. The summed E-state index contributed by atoms with van der Waals surface area (Å²) in [5.74, 6) is 0. The Morgan fingerprint density at radius 1 is 1.58 bits per heavy atom. The molecule has 0 spiro atoms. The van der Waals surface area contributed by atoms with E-state index >= 15 is 0 Å². The Labute approximate surface area is 113 Å². The summed E-state index contributed by atoms with van der Waals surface area (Å²) in [6.45, 7) is 0.238. The molecule has 1 saturated carbocycles. The molecule has 7 heteroatoms. The van der Waals surface area contributed by atoms with Crippen LogP contribution in [0.3, 0.4) is 0 Å². The Morgan fingerprint density at radius 3 is 2.89 bits per heavy atom. The topological polar surface area (TPSA) is 86.1 Å². The standard InChI is InChI=1S/C12H16N4O2S/c1-14-11-5-7-15-9-12(11)19(17,18)16(8-2-6-13)10-3-4-10/h5,7,9-10H,2-4,8H2,1H3,(H,14,15). The molecule has 0 saturated heterocycles. The maximum Gasteiger partial charge on any atom is 0.246 e. The predicted octanol–water partition coefficient (Wildman–Crippen LogP) is 1.19. The molecular formula is C12H16N4O2S. The van der Waals surface area contributed by atoms with Crippen LogP contribution in [0.5, 0.6) is 0 Å². The van der Waals surface area contributed by atoms with Gasteiger partial charge in [0.05, 0.1) is 11.8 Å². The molecule has 2 rings (SSSR count). The van der Waals surface area contributed by atoms with Crippen LogP contribution in [0.2, 0.25) is 0 Å². The van der Waals surface area contributed by atoms with Gasteiger partial charge in [0.25, 0.3) is 0 Å². The lowest BCUT2D eigenvalue weighted by Gasteiger charge is -2.21. The highest BCUT2D eigenvalue weighted by Gasteiger charge is 2.38. The fourth-order valence-electron chi connectivity index (χ4n) is 1.94. The first-order chi connectivity index (χ1) is 9.11. The van der Waals surface area contributed by atoms with Crippen molar-refractivity contribution in [3.63, 3.8) is 0 Å². The first-order valence-corrected chi connectivity index (χ1v) is 7.56. The third-order valence-electron chi connectivity index (χ3n) is 3.04. The summed E-state index contributed by atoms with van der Waals surface area (Å²) in [5, 5.41) is 11.5. The third-order valence-corrected chi connectivity index (χ3v) is 5.02. The van der Waals surface area contributed by atoms with Gasteiger partial charge in [-0.1, -0.05) is 0 Å². The highest BCUT2D eigenvalue weighted by Crippen LogP contribution is 2.33. The number of nitrogens with zero attached hydrogens (tertiary/aromatic N) is 3. The highest BCUT2D eigenvalue weighted by molar-refractivity contribution is 7.89. The molecule has 1 aromatic heterocycles. The Bertz CT molecular complexity index is 590. The summed E-state index contributed by atoms with van der Waals surface area (Å²) >= 11 is 0. The lowest BCUT2D eigenvalue weighted by Crippen LogP contribution is -2.34. The molecule has 1 N–H and O–H groups in total. The smallest absolute Gasteiger partial charge is 0.246 e. The van der Waals surface area contributed by atoms with Gasteiger partial charge in [-0.25, -0.2) is 8.42 Å². The number of hydrogen-bond acceptors (Lipinski definition) is 5. The van der Waals surface area contributed by atoms with Crippen molar-refractivity contribution in [2.24, 2.45) is 0 Å². The molecule has 0 bridgehead atoms. The summed E-state index contributed by atoms with van der Waals surface area (Å²) in [7, 11) is -1.92. The van der Waals surface area contributed by atoms with Crippen LogP contribution in [0.1, 0.15) is 19.3 Å². The fraction of sp³-hybridized carbons (Fsp3) is 0.500. The van der Waals surface area contributed by atoms with E-state index in [1.165, 1.54) is 10.5 Å². The van der Waals surface area contributed by atoms with Crippen molar-refractivity contribution in [1.29, 1.82) is 5.26 Å². The molecule has 19 heavy (non-hydrogen) atoms. The zero-order valence-corrected chi connectivity index (χ0v) is 11.5. The number of nitrogens with one attached hydrogen (secondary N) is 1. The molecule has 1 aromatic rings. The van der Waals surface area contributed by atoms with Crippen molar-refractivity contribution in [3.8, 4) is 6.07 Å². The lowest BCUT2D eigenvalue weighted by molar-refractivity contribution is 0.411. The number of pyridine rings is 1. The predicted molar refractivity (Wildman–Crippen MR) is 70.9 cm³/mol. The van der Waals surface area contributed by atoms with Gasteiger partial charge in [0.15, 0.2) is 0 Å². The normalized spacial score (nSPS) is 15.2. The molecular weight excluding hydrogens is 264 g/mol. The van der Waals surface area contributed by atoms with Crippen molar-refractivity contribution >= 4 is 15.7 Å². The highest BCUT2D eigenvalue weighted by atomic mass is 32.2. The number of aromatic nitrogens is 1. The minimum absolute atomic E-state index is 0.0308. The summed E-state index contributed by atoms with van der Waals surface area (Å²) in [6.07, 6.45) is 4.81. The summed E-state index contributed by atoms with van der Waals surface area (Å²) in [5.41, 5.74) is 0.526. The fourth-order valence-corrected chi connectivity index (χ4v) is 3.77. The summed E-state index contributed by atoms with van der Waals surface area (Å²) in [4.78, 5) is 4.06. The van der Waals surface area contributed by atoms with E-state index in [-0.39, 0.29) is 23.9 Å². The number of rotatable bonds is 6. The monoisotopic (exact) mass is 280 g/mol. The van der Waals surface area contributed by atoms with Gasteiger partial charge in [0.1, 0.15) is 4.90 Å². The van der Waals surface area contributed by atoms with Crippen LogP contribution in [0.4, 0.5) is 5.69 Å². The van der Waals surface area contributed by atoms with Gasteiger partial charge in [-0.05, 0) is 18.9 Å². The van der Waals surface area contributed by atoms with Gasteiger partial charge in [0.2, 0.25) is 10.0 Å². The number of anilines is 1. The molecule has 0 unspecified atom stereocenters. The molecule has 1 aliphatic carbocycles. The van der Waals surface area contributed by atoms with E-state index in [4.69, 9.17) is 5.26 Å². The van der Waals surface area contributed by atoms with Crippen LogP contribution in [0.25, 0.3) is 0 Å². The van der Waals surface area contributed by atoms with Crippen molar-refractivity contribution in [2.75, 3.05) is 18.9 Å². The van der Waals surface area contributed by atoms with Crippen LogP contribution in [-0.2, 0) is 10.0 Å². The van der Waals surface area contributed by atoms with Gasteiger partial charge in [0, 0.05) is 38.4 Å². The van der Waals surface area contributed by atoms with E-state index in [0.717, 1.165) is 12.8 Å². The van der Waals surface area contributed by atoms with Gasteiger partial charge in [-0.2, -0.15) is 9.57 Å². The number of nitriles is 1. The largest absolute Gasteiger partial charge is 0.387 e. The van der Waals surface area contributed by atoms with Gasteiger partial charge in [-0.15, -0.1) is 0 Å². The van der Waals surface area contributed by atoms with E-state index in [1.807, 2.05) is 6.07 Å². The SMILES string of the molecule is CNc1ccncc1S(=O)(=O)N(CCC#N)C1CC1. The summed E-state index contributed by atoms with van der Waals surface area (Å²) < 4.78 is 26.7. The van der Waals surface area contributed by atoms with Crippen LogP contribution in [0, 0.1) is 11.3 Å². The molecule has 0 atom stereocenters. The molecule has 0 aliphatic heterocycles. The lowest BCUT2D eigenvalue weighted by atomic mass is 10.4. The van der Waals surface area contributed by atoms with Gasteiger partial charge < -0.3 is 5.32 Å². The van der Waals surface area contributed by atoms with Crippen LogP contribution >= 0.6 is 0 Å². The summed E-state index contributed by atoms with van der Waals surface area (Å²) in [6, 6.07) is 3.65. The van der Waals surface area contributed by atoms with Crippen LogP contribution in [-0.4, -0.2) is 37.3 Å². The number of sulfonamides is 1. The first-order valence-electron chi connectivity index (χ1n) is 6.12. The molecule has 0 aromatic carbocycles. The minimum atomic E-state index is -3.60. The van der Waals surface area contributed by atoms with Crippen LogP contribution in [0.15, 0.2) is 23.4 Å². The minimum Gasteiger partial charge on any atom is -0.387 e. The van der Waals surface area contributed by atoms with E-state index in [1.54, 1.807) is 19.3 Å². The van der Waals surface area contributed by atoms with E-state index in [0.29, 0.717) is 5.69 Å². The number of hydrogen-bond donors (Lipinski definition) is 1. The molecule has 1 aliphatic rings. The molecule has 1 fully saturated rings. The molecule has 0 amide bonds. The van der Waals surface area contributed by atoms with Gasteiger partial charge in [-0.3, -0.25) is 4.98 Å². The van der Waals surface area contributed by atoms with Crippen LogP contribution < -0.4 is 5.32 Å². The van der Waals surface area contributed by atoms with Crippen molar-refractivity contribution in [3.05, 3.63) is 18.5 Å². The van der Waals surface area contributed by atoms with E-state index < -0.39 is 10.0 Å². The molecule has 0 radical (unpaired) electrons. The second kappa shape index (κ2) is 5.55. The maximum atomic E-state index is 12.6. The van der Waals surface area contributed by atoms with E-state index in [2.05, 4.69) is 10.3 Å². The van der Waals surface area contributed by atoms with Crippen molar-refractivity contribution in [2.45, 2.75) is 30.2 Å². The average molecular weight is 280 g/mol. The second-order valence-electron chi connectivity index (χ2n) is 4.38. The average Bonchev–Trinajstić information content (AvgIpc) is 3.23. The quantitative estimate of drug-likeness (QED) is 0.846. The van der Waals surface area contributed by atoms with E-state index in [9.17, 15) is 8.42 Å². The first kappa shape index (κ1) is 13.8. The Morgan fingerprint density at radius 2 is 2.32 bits per heavy atom. The zero-order chi connectivity index (χ0) is 13.9. The molecule has 1 heterocycles. The Hall–Kier alpha value is -1.65.